The van der Waals surface area contributed by atoms with Crippen molar-refractivity contribution < 1.29 is 4.42 Å². The number of hydrogen-bond acceptors (Lipinski definition) is 2. The predicted molar refractivity (Wildman–Crippen MR) is 291 cm³/mol. The second kappa shape index (κ2) is 16.0. The molecule has 0 saturated carbocycles. The summed E-state index contributed by atoms with van der Waals surface area (Å²) in [5, 5.41) is 4.78. The van der Waals surface area contributed by atoms with Crippen LogP contribution in [0.15, 0.2) is 271 Å². The lowest BCUT2D eigenvalue weighted by atomic mass is 9.68. The molecular weight excluding hydrogens is 849 g/mol. The van der Waals surface area contributed by atoms with Crippen LogP contribution < -0.4 is 4.90 Å². The zero-order valence-electron chi connectivity index (χ0n) is 38.2. The van der Waals surface area contributed by atoms with E-state index in [1.807, 2.05) is 12.1 Å². The van der Waals surface area contributed by atoms with Crippen LogP contribution in [0.2, 0.25) is 0 Å². The van der Waals surface area contributed by atoms with Crippen molar-refractivity contribution in [1.82, 2.24) is 4.57 Å². The minimum Gasteiger partial charge on any atom is -0.456 e. The van der Waals surface area contributed by atoms with E-state index in [1.54, 1.807) is 0 Å². The van der Waals surface area contributed by atoms with Crippen LogP contribution in [0.4, 0.5) is 17.1 Å². The van der Waals surface area contributed by atoms with Gasteiger partial charge in [0.05, 0.1) is 22.1 Å². The molecule has 0 aliphatic heterocycles. The number of para-hydroxylation sites is 3. The summed E-state index contributed by atoms with van der Waals surface area (Å²) in [5.41, 5.74) is 20.3. The Morgan fingerprint density at radius 3 is 1.47 bits per heavy atom. The third-order valence-electron chi connectivity index (χ3n) is 14.7. The SMILES string of the molecule is c1ccc(C2(c3ccccc3)c3ccccc3-c3c(N(c4ccc(-c5ccc(-n6c7ccccc7c7ccccc76)cc5)cc4)c4ccc(-c5ccc6oc7ccccc7c6c5)cc4)cccc32)cc1. The number of fused-ring (bicyclic) bond motifs is 9. The molecule has 0 amide bonds. The maximum atomic E-state index is 6.20. The Bertz CT molecular complexity index is 4000. The fourth-order valence-corrected chi connectivity index (χ4v) is 11.6. The van der Waals surface area contributed by atoms with Gasteiger partial charge in [0.2, 0.25) is 0 Å². The first kappa shape index (κ1) is 39.9. The van der Waals surface area contributed by atoms with Gasteiger partial charge in [-0.3, -0.25) is 0 Å². The highest BCUT2D eigenvalue weighted by Crippen LogP contribution is 2.59. The molecular formula is C67H44N2O. The van der Waals surface area contributed by atoms with Crippen molar-refractivity contribution in [2.24, 2.45) is 0 Å². The van der Waals surface area contributed by atoms with Crippen LogP contribution in [0.1, 0.15) is 22.3 Å². The molecule has 0 atom stereocenters. The molecule has 0 bridgehead atoms. The van der Waals surface area contributed by atoms with E-state index in [0.29, 0.717) is 0 Å². The summed E-state index contributed by atoms with van der Waals surface area (Å²) in [6.45, 7) is 0. The topological polar surface area (TPSA) is 21.3 Å². The van der Waals surface area contributed by atoms with Crippen molar-refractivity contribution in [1.29, 1.82) is 0 Å². The molecule has 1 aliphatic rings. The molecule has 14 rings (SSSR count). The smallest absolute Gasteiger partial charge is 0.135 e. The normalized spacial score (nSPS) is 12.7. The molecule has 3 nitrogen and oxygen atoms in total. The van der Waals surface area contributed by atoms with E-state index in [1.165, 1.54) is 60.8 Å². The molecule has 0 radical (unpaired) electrons. The number of aromatic nitrogens is 1. The van der Waals surface area contributed by atoms with Crippen LogP contribution in [0, 0.1) is 0 Å². The highest BCUT2D eigenvalue weighted by molar-refractivity contribution is 6.09. The van der Waals surface area contributed by atoms with Gasteiger partial charge >= 0.3 is 0 Å². The molecule has 3 heteroatoms. The van der Waals surface area contributed by atoms with Crippen LogP contribution in [0.3, 0.4) is 0 Å². The minimum atomic E-state index is -0.523. The van der Waals surface area contributed by atoms with E-state index in [-0.39, 0.29) is 0 Å². The standard InChI is InChI=1S/C67H44N2O/c1-3-16-49(17-4-1)67(50-18-5-2-6-19-50)59-24-11-7-23-57(59)66-60(67)25-15-28-63(66)68(52-39-34-47(35-40-52)48-36-43-65-58(44-48)56-22-10-14-29-64(56)70-65)51-37-30-45(31-38-51)46-32-41-53(42-33-46)69-61-26-12-8-20-54(61)55-21-9-13-27-62(55)69/h1-44H. The number of benzene rings is 11. The first-order valence-corrected chi connectivity index (χ1v) is 24.1. The van der Waals surface area contributed by atoms with Gasteiger partial charge < -0.3 is 13.9 Å². The van der Waals surface area contributed by atoms with Gasteiger partial charge in [-0.05, 0) is 123 Å². The van der Waals surface area contributed by atoms with Crippen molar-refractivity contribution in [2.75, 3.05) is 4.90 Å². The Kier molecular flexibility index (Phi) is 9.11. The quantitative estimate of drug-likeness (QED) is 0.152. The highest BCUT2D eigenvalue weighted by atomic mass is 16.3. The van der Waals surface area contributed by atoms with E-state index in [9.17, 15) is 0 Å². The van der Waals surface area contributed by atoms with E-state index < -0.39 is 5.41 Å². The highest BCUT2D eigenvalue weighted by Gasteiger charge is 2.47. The van der Waals surface area contributed by atoms with Crippen LogP contribution in [0.25, 0.3) is 82.8 Å². The van der Waals surface area contributed by atoms with Crippen LogP contribution >= 0.6 is 0 Å². The Morgan fingerprint density at radius 2 is 0.829 bits per heavy atom. The lowest BCUT2D eigenvalue weighted by Crippen LogP contribution is -2.28. The fourth-order valence-electron chi connectivity index (χ4n) is 11.6. The maximum absolute atomic E-state index is 6.20. The summed E-state index contributed by atoms with van der Waals surface area (Å²) >= 11 is 0. The Labute approximate surface area is 406 Å². The molecule has 11 aromatic carbocycles. The number of nitrogens with zero attached hydrogens (tertiary/aromatic N) is 2. The summed E-state index contributed by atoms with van der Waals surface area (Å²) < 4.78 is 8.58. The predicted octanol–water partition coefficient (Wildman–Crippen LogP) is 17.8. The van der Waals surface area contributed by atoms with E-state index in [2.05, 4.69) is 264 Å². The van der Waals surface area contributed by atoms with Crippen molar-refractivity contribution in [3.63, 3.8) is 0 Å². The average Bonchev–Trinajstić information content (AvgIpc) is 4.09. The number of hydrogen-bond donors (Lipinski definition) is 0. The molecule has 2 aromatic heterocycles. The van der Waals surface area contributed by atoms with Crippen molar-refractivity contribution in [2.45, 2.75) is 5.41 Å². The summed E-state index contributed by atoms with van der Waals surface area (Å²) in [6.07, 6.45) is 0. The first-order valence-electron chi connectivity index (χ1n) is 24.1. The Morgan fingerprint density at radius 1 is 0.343 bits per heavy atom. The summed E-state index contributed by atoms with van der Waals surface area (Å²) in [5.74, 6) is 0. The second-order valence-electron chi connectivity index (χ2n) is 18.4. The Hall–Kier alpha value is -9.18. The van der Waals surface area contributed by atoms with Gasteiger partial charge in [-0.1, -0.05) is 194 Å². The molecule has 2 heterocycles. The Balaban J connectivity index is 0.912. The lowest BCUT2D eigenvalue weighted by molar-refractivity contribution is 0.669. The third-order valence-corrected chi connectivity index (χ3v) is 14.7. The van der Waals surface area contributed by atoms with Gasteiger partial charge in [-0.25, -0.2) is 0 Å². The summed E-state index contributed by atoms with van der Waals surface area (Å²) in [6, 6.07) is 97.3. The monoisotopic (exact) mass is 892 g/mol. The zero-order chi connectivity index (χ0) is 46.2. The molecule has 0 spiro atoms. The average molecular weight is 893 g/mol. The van der Waals surface area contributed by atoms with Crippen molar-refractivity contribution in [3.05, 3.63) is 289 Å². The number of rotatable bonds is 8. The molecule has 13 aromatic rings. The number of furan rings is 1. The van der Waals surface area contributed by atoms with Gasteiger partial charge in [0.25, 0.3) is 0 Å². The van der Waals surface area contributed by atoms with Crippen molar-refractivity contribution in [3.8, 4) is 39.1 Å². The van der Waals surface area contributed by atoms with Crippen molar-refractivity contribution >= 4 is 60.8 Å². The van der Waals surface area contributed by atoms with Crippen LogP contribution in [0.5, 0.6) is 0 Å². The summed E-state index contributed by atoms with van der Waals surface area (Å²) in [7, 11) is 0. The van der Waals surface area contributed by atoms with Gasteiger partial charge in [0.15, 0.2) is 0 Å². The van der Waals surface area contributed by atoms with E-state index in [4.69, 9.17) is 4.42 Å². The minimum absolute atomic E-state index is 0.523. The lowest BCUT2D eigenvalue weighted by Gasteiger charge is -2.34. The largest absolute Gasteiger partial charge is 0.456 e. The fraction of sp³-hybridized carbons (Fsp3) is 0.0149. The van der Waals surface area contributed by atoms with Crippen LogP contribution in [-0.4, -0.2) is 4.57 Å². The molecule has 0 N–H and O–H groups in total. The number of anilines is 3. The second-order valence-corrected chi connectivity index (χ2v) is 18.4. The molecule has 328 valence electrons. The zero-order valence-corrected chi connectivity index (χ0v) is 38.2. The van der Waals surface area contributed by atoms with E-state index in [0.717, 1.165) is 61.4 Å². The van der Waals surface area contributed by atoms with Crippen LogP contribution in [-0.2, 0) is 5.41 Å². The van der Waals surface area contributed by atoms with Gasteiger partial charge in [-0.15, -0.1) is 0 Å². The molecule has 70 heavy (non-hydrogen) atoms. The molecule has 0 unspecified atom stereocenters. The van der Waals surface area contributed by atoms with Gasteiger partial charge in [0, 0.05) is 44.2 Å². The van der Waals surface area contributed by atoms with Gasteiger partial charge in [0.1, 0.15) is 11.2 Å². The molecule has 0 fully saturated rings. The van der Waals surface area contributed by atoms with Gasteiger partial charge in [-0.2, -0.15) is 0 Å². The molecule has 1 aliphatic carbocycles. The van der Waals surface area contributed by atoms with E-state index >= 15 is 0 Å². The molecule has 0 saturated heterocycles. The first-order chi connectivity index (χ1) is 34.7. The maximum Gasteiger partial charge on any atom is 0.135 e. The third kappa shape index (κ3) is 6.08. The summed E-state index contributed by atoms with van der Waals surface area (Å²) in [4.78, 5) is 2.45.